The monoisotopic (exact) mass is 677 g/mol. The number of rotatable bonds is 12. The Morgan fingerprint density at radius 2 is 1.76 bits per heavy atom. The molecule has 13 heteroatoms. The number of carboxylic acid groups (broad SMARTS) is 1. The van der Waals surface area contributed by atoms with Crippen LogP contribution in [0.25, 0.3) is 17.3 Å². The Balaban J connectivity index is 0.889. The second-order valence-electron chi connectivity index (χ2n) is 13.1. The number of hydrogen-bond acceptors (Lipinski definition) is 12. The maximum atomic E-state index is 10.9. The predicted molar refractivity (Wildman–Crippen MR) is 193 cm³/mol. The molecule has 2 atom stereocenters. The molecular weight excluding hydrogens is 634 g/mol. The summed E-state index contributed by atoms with van der Waals surface area (Å²) in [6.07, 6.45) is 10.7. The zero-order chi connectivity index (χ0) is 34.5. The third-order valence-corrected chi connectivity index (χ3v) is 9.77. The average Bonchev–Trinajstić information content (AvgIpc) is 3.39. The first-order valence-corrected chi connectivity index (χ1v) is 17.2. The highest BCUT2D eigenvalue weighted by atomic mass is 16.5. The number of nitrogen functional groups attached to an aromatic ring is 1. The third-order valence-electron chi connectivity index (χ3n) is 9.77. The Hall–Kier alpha value is -5.27. The van der Waals surface area contributed by atoms with E-state index >= 15 is 0 Å². The van der Waals surface area contributed by atoms with E-state index in [1.54, 1.807) is 12.1 Å². The van der Waals surface area contributed by atoms with E-state index in [-0.39, 0.29) is 12.3 Å². The number of benzene rings is 1. The van der Waals surface area contributed by atoms with Crippen LogP contribution in [0, 0.1) is 0 Å². The molecule has 7 rings (SSSR count). The number of fused-ring (bicyclic) bond motifs is 2. The summed E-state index contributed by atoms with van der Waals surface area (Å²) < 4.78 is 5.89. The lowest BCUT2D eigenvalue weighted by Crippen LogP contribution is -2.54. The fourth-order valence-electron chi connectivity index (χ4n) is 7.26. The fourth-order valence-corrected chi connectivity index (χ4v) is 7.26. The molecule has 4 N–H and O–H groups in total. The molecule has 1 aromatic carbocycles. The molecule has 3 aromatic heterocycles. The number of ether oxygens (including phenoxy) is 1. The summed E-state index contributed by atoms with van der Waals surface area (Å²) in [6.45, 7) is 5.79. The number of aromatic hydroxyl groups is 1. The number of phenols is 1. The molecule has 13 nitrogen and oxygen atoms in total. The highest BCUT2D eigenvalue weighted by Gasteiger charge is 2.40. The van der Waals surface area contributed by atoms with Crippen LogP contribution in [0.1, 0.15) is 24.1 Å². The normalized spacial score (nSPS) is 19.4. The van der Waals surface area contributed by atoms with Crippen molar-refractivity contribution in [2.45, 2.75) is 31.3 Å². The third kappa shape index (κ3) is 7.63. The average molecular weight is 678 g/mol. The van der Waals surface area contributed by atoms with Gasteiger partial charge in [-0.05, 0) is 67.3 Å². The summed E-state index contributed by atoms with van der Waals surface area (Å²) in [6, 6.07) is 18.1. The molecule has 6 heterocycles. The molecule has 3 aliphatic heterocycles. The first-order chi connectivity index (χ1) is 24.4. The summed E-state index contributed by atoms with van der Waals surface area (Å²) in [5, 5.41) is 27.9. The molecule has 2 bridgehead atoms. The van der Waals surface area contributed by atoms with Gasteiger partial charge in [0.15, 0.2) is 5.82 Å². The molecule has 50 heavy (non-hydrogen) atoms. The molecule has 3 aliphatic rings. The van der Waals surface area contributed by atoms with Crippen molar-refractivity contribution < 1.29 is 19.7 Å². The van der Waals surface area contributed by atoms with Crippen molar-refractivity contribution in [3.63, 3.8) is 0 Å². The van der Waals surface area contributed by atoms with Crippen LogP contribution in [0.4, 0.5) is 23.0 Å². The Bertz CT molecular complexity index is 1800. The van der Waals surface area contributed by atoms with E-state index in [0.717, 1.165) is 81.3 Å². The molecule has 3 fully saturated rings. The standard InChI is InChI=1S/C37H43N9O4/c38-37-33(21-32(41-42-37)31-5-1-2-6-34(31)47)45-23-29-8-9-30(24-45)46(29)28-11-13-39-27(20-28)4-3-18-50-19-12-26-7-10-35(40-22-26)44-16-14-43(15-17-44)25-36(48)49/h1-7,10-11,13,20-22,29-30,47H,8-9,12,14-19,23-25H2,(H2,38,42)(H,48,49)/b4-3+. The molecule has 0 spiro atoms. The van der Waals surface area contributed by atoms with Crippen LogP contribution in [0.3, 0.4) is 0 Å². The largest absolute Gasteiger partial charge is 0.507 e. The van der Waals surface area contributed by atoms with E-state index in [2.05, 4.69) is 53.1 Å². The number of aromatic nitrogens is 4. The van der Waals surface area contributed by atoms with Gasteiger partial charge in [-0.1, -0.05) is 24.3 Å². The van der Waals surface area contributed by atoms with E-state index in [0.29, 0.717) is 42.4 Å². The van der Waals surface area contributed by atoms with Crippen LogP contribution in [0.2, 0.25) is 0 Å². The number of hydrogen-bond donors (Lipinski definition) is 3. The topological polar surface area (TPSA) is 157 Å². The van der Waals surface area contributed by atoms with Gasteiger partial charge < -0.3 is 35.4 Å². The zero-order valence-electron chi connectivity index (χ0n) is 28.0. The number of carbonyl (C=O) groups is 1. The molecular formula is C37H43N9O4. The first-order valence-electron chi connectivity index (χ1n) is 17.2. The van der Waals surface area contributed by atoms with Crippen molar-refractivity contribution in [3.05, 3.63) is 84.3 Å². The Morgan fingerprint density at radius 1 is 0.960 bits per heavy atom. The summed E-state index contributed by atoms with van der Waals surface area (Å²) in [5.41, 5.74) is 11.6. The highest BCUT2D eigenvalue weighted by molar-refractivity contribution is 5.74. The van der Waals surface area contributed by atoms with E-state index in [1.165, 1.54) is 5.69 Å². The minimum absolute atomic E-state index is 0.0887. The van der Waals surface area contributed by atoms with Crippen molar-refractivity contribution in [2.75, 3.05) is 79.5 Å². The summed E-state index contributed by atoms with van der Waals surface area (Å²) >= 11 is 0. The van der Waals surface area contributed by atoms with Gasteiger partial charge in [0.1, 0.15) is 11.6 Å². The van der Waals surface area contributed by atoms with Crippen molar-refractivity contribution >= 4 is 35.1 Å². The van der Waals surface area contributed by atoms with Crippen LogP contribution in [-0.2, 0) is 16.0 Å². The summed E-state index contributed by atoms with van der Waals surface area (Å²) in [4.78, 5) is 29.1. The first kappa shape index (κ1) is 33.2. The van der Waals surface area contributed by atoms with Crippen LogP contribution in [-0.4, -0.2) is 112 Å². The number of carboxylic acids is 1. The molecule has 4 aromatic rings. The van der Waals surface area contributed by atoms with Gasteiger partial charge in [-0.2, -0.15) is 0 Å². The van der Waals surface area contributed by atoms with Gasteiger partial charge in [0.2, 0.25) is 0 Å². The van der Waals surface area contributed by atoms with Gasteiger partial charge in [0.05, 0.1) is 36.8 Å². The number of nitrogens with zero attached hydrogens (tertiary/aromatic N) is 8. The van der Waals surface area contributed by atoms with Gasteiger partial charge >= 0.3 is 5.97 Å². The Kier molecular flexibility index (Phi) is 10.0. The molecule has 0 aliphatic carbocycles. The molecule has 2 unspecified atom stereocenters. The van der Waals surface area contributed by atoms with Gasteiger partial charge in [0, 0.05) is 75.0 Å². The Morgan fingerprint density at radius 3 is 2.50 bits per heavy atom. The second kappa shape index (κ2) is 15.1. The van der Waals surface area contributed by atoms with Gasteiger partial charge in [-0.3, -0.25) is 14.7 Å². The molecule has 0 radical (unpaired) electrons. The smallest absolute Gasteiger partial charge is 0.317 e. The summed E-state index contributed by atoms with van der Waals surface area (Å²) in [5.74, 6) is 0.700. The van der Waals surface area contributed by atoms with Crippen LogP contribution in [0.15, 0.2) is 73.1 Å². The SMILES string of the molecule is Nc1nnc(-c2ccccc2O)cc1N1CC2CCC(C1)N2c1ccnc(/C=C/COCCc2ccc(N3CCN(CC(=O)O)CC3)nc2)c1. The lowest BCUT2D eigenvalue weighted by Gasteiger charge is -2.43. The zero-order valence-corrected chi connectivity index (χ0v) is 28.0. The van der Waals surface area contributed by atoms with Crippen LogP contribution < -0.4 is 20.4 Å². The highest BCUT2D eigenvalue weighted by Crippen LogP contribution is 2.39. The summed E-state index contributed by atoms with van der Waals surface area (Å²) in [7, 11) is 0. The minimum atomic E-state index is -0.785. The van der Waals surface area contributed by atoms with Gasteiger partial charge in [0.25, 0.3) is 0 Å². The molecule has 0 saturated carbocycles. The number of phenolic OH excluding ortho intramolecular Hbond substituents is 1. The number of aliphatic carboxylic acids is 1. The molecule has 3 saturated heterocycles. The number of pyridine rings is 2. The van der Waals surface area contributed by atoms with E-state index < -0.39 is 5.97 Å². The van der Waals surface area contributed by atoms with Crippen molar-refractivity contribution in [1.29, 1.82) is 0 Å². The van der Waals surface area contributed by atoms with E-state index in [4.69, 9.17) is 15.6 Å². The van der Waals surface area contributed by atoms with Crippen LogP contribution in [0.5, 0.6) is 5.75 Å². The fraction of sp³-hybridized carbons (Fsp3) is 0.378. The van der Waals surface area contributed by atoms with Crippen molar-refractivity contribution in [3.8, 4) is 17.0 Å². The Labute approximate surface area is 291 Å². The quantitative estimate of drug-likeness (QED) is 0.187. The van der Waals surface area contributed by atoms with Crippen molar-refractivity contribution in [1.82, 2.24) is 25.1 Å². The van der Waals surface area contributed by atoms with Crippen molar-refractivity contribution in [2.24, 2.45) is 0 Å². The lowest BCUT2D eigenvalue weighted by molar-refractivity contribution is -0.138. The number of nitrogens with two attached hydrogens (primary N) is 1. The molecule has 0 amide bonds. The maximum absolute atomic E-state index is 10.9. The van der Waals surface area contributed by atoms with Gasteiger partial charge in [-0.15, -0.1) is 10.2 Å². The number of anilines is 4. The maximum Gasteiger partial charge on any atom is 0.317 e. The second-order valence-corrected chi connectivity index (χ2v) is 13.1. The predicted octanol–water partition coefficient (Wildman–Crippen LogP) is 3.56. The van der Waals surface area contributed by atoms with E-state index in [9.17, 15) is 9.90 Å². The minimum Gasteiger partial charge on any atom is -0.507 e. The number of piperazine rings is 2. The lowest BCUT2D eigenvalue weighted by atomic mass is 10.1. The van der Waals surface area contributed by atoms with Crippen LogP contribution >= 0.6 is 0 Å². The van der Waals surface area contributed by atoms with E-state index in [1.807, 2.05) is 53.7 Å². The molecule has 260 valence electrons. The number of para-hydroxylation sites is 1. The van der Waals surface area contributed by atoms with Gasteiger partial charge in [-0.25, -0.2) is 4.98 Å².